The van der Waals surface area contributed by atoms with Gasteiger partial charge in [0.2, 0.25) is 0 Å². The van der Waals surface area contributed by atoms with Crippen LogP contribution in [0.2, 0.25) is 0 Å². The zero-order chi connectivity index (χ0) is 18.3. The van der Waals surface area contributed by atoms with Gasteiger partial charge >= 0.3 is 0 Å². The summed E-state index contributed by atoms with van der Waals surface area (Å²) in [4.78, 5) is 4.68. The number of benzene rings is 2. The van der Waals surface area contributed by atoms with Gasteiger partial charge in [0.1, 0.15) is 23.0 Å². The molecule has 4 rings (SSSR count). The highest BCUT2D eigenvalue weighted by Gasteiger charge is 2.18. The minimum Gasteiger partial charge on any atom is -0.339 e. The Labute approximate surface area is 159 Å². The van der Waals surface area contributed by atoms with E-state index in [4.69, 9.17) is 0 Å². The topological polar surface area (TPSA) is 29.3 Å². The van der Waals surface area contributed by atoms with Crippen molar-refractivity contribution in [1.29, 1.82) is 0 Å². The van der Waals surface area contributed by atoms with Gasteiger partial charge in [0.25, 0.3) is 0 Å². The molecule has 0 amide bonds. The summed E-state index contributed by atoms with van der Waals surface area (Å²) in [7, 11) is 0. The van der Waals surface area contributed by atoms with Gasteiger partial charge in [-0.15, -0.1) is 0 Å². The highest BCUT2D eigenvalue weighted by atomic mass is 79.9. The van der Waals surface area contributed by atoms with E-state index in [1.807, 2.05) is 60.8 Å². The summed E-state index contributed by atoms with van der Waals surface area (Å²) >= 11 is 3.43. The largest absolute Gasteiger partial charge is 0.339 e. The third-order valence-corrected chi connectivity index (χ3v) is 4.76. The number of aromatic nitrogens is 2. The Hall–Kier alpha value is -2.66. The summed E-state index contributed by atoms with van der Waals surface area (Å²) in [5, 5.41) is 3.41. The van der Waals surface area contributed by atoms with Crippen LogP contribution in [0.15, 0.2) is 65.3 Å². The molecule has 0 unspecified atom stereocenters. The van der Waals surface area contributed by atoms with Crippen molar-refractivity contribution in [2.45, 2.75) is 13.8 Å². The Kier molecular flexibility index (Phi) is 4.24. The molecular weight excluding hydrogens is 393 g/mol. The third-order valence-electron chi connectivity index (χ3n) is 4.26. The second-order valence-corrected chi connectivity index (χ2v) is 7.27. The van der Waals surface area contributed by atoms with Crippen LogP contribution in [-0.4, -0.2) is 9.38 Å². The van der Waals surface area contributed by atoms with Gasteiger partial charge in [-0.2, -0.15) is 0 Å². The molecule has 0 fully saturated rings. The maximum absolute atomic E-state index is 14.5. The van der Waals surface area contributed by atoms with E-state index in [2.05, 4.69) is 26.2 Å². The molecule has 1 N–H and O–H groups in total. The number of nitrogens with one attached hydrogen (secondary N) is 1. The standard InChI is InChI=1S/C21H17BrFN3/c1-13-3-7-16(8-4-13)24-21-20(17-11-15(22)6-9-18(17)23)25-19-10-5-14(2)12-26(19)21/h3-12,24H,1-2H3. The van der Waals surface area contributed by atoms with Crippen molar-refractivity contribution in [2.24, 2.45) is 0 Å². The molecule has 0 radical (unpaired) electrons. The molecule has 0 aliphatic rings. The summed E-state index contributed by atoms with van der Waals surface area (Å²) in [5.41, 5.74) is 5.01. The molecule has 0 aliphatic heterocycles. The number of nitrogens with zero attached hydrogens (tertiary/aromatic N) is 2. The lowest BCUT2D eigenvalue weighted by Gasteiger charge is -2.10. The van der Waals surface area contributed by atoms with E-state index in [0.29, 0.717) is 11.3 Å². The number of fused-ring (bicyclic) bond motifs is 1. The van der Waals surface area contributed by atoms with Gasteiger partial charge in [0, 0.05) is 21.9 Å². The van der Waals surface area contributed by atoms with E-state index >= 15 is 0 Å². The number of pyridine rings is 1. The van der Waals surface area contributed by atoms with Crippen molar-refractivity contribution in [1.82, 2.24) is 9.38 Å². The van der Waals surface area contributed by atoms with Crippen molar-refractivity contribution in [2.75, 3.05) is 5.32 Å². The zero-order valence-corrected chi connectivity index (χ0v) is 16.0. The first-order chi connectivity index (χ1) is 12.5. The maximum atomic E-state index is 14.5. The number of aryl methyl sites for hydroxylation is 2. The lowest BCUT2D eigenvalue weighted by molar-refractivity contribution is 0.630. The summed E-state index contributed by atoms with van der Waals surface area (Å²) in [6.45, 7) is 4.07. The first-order valence-electron chi connectivity index (χ1n) is 8.29. The molecule has 130 valence electrons. The highest BCUT2D eigenvalue weighted by molar-refractivity contribution is 9.10. The van der Waals surface area contributed by atoms with Crippen molar-refractivity contribution in [3.63, 3.8) is 0 Å². The molecule has 0 atom stereocenters. The molecule has 0 spiro atoms. The van der Waals surface area contributed by atoms with Crippen LogP contribution in [0.3, 0.4) is 0 Å². The summed E-state index contributed by atoms with van der Waals surface area (Å²) in [6, 6.07) is 16.9. The van der Waals surface area contributed by atoms with Gasteiger partial charge in [-0.25, -0.2) is 9.37 Å². The smallest absolute Gasteiger partial charge is 0.143 e. The fourth-order valence-corrected chi connectivity index (χ4v) is 3.27. The Balaban J connectivity index is 1.94. The normalized spacial score (nSPS) is 11.1. The number of rotatable bonds is 3. The summed E-state index contributed by atoms with van der Waals surface area (Å²) in [6.07, 6.45) is 2.00. The van der Waals surface area contributed by atoms with Gasteiger partial charge in [-0.05, 0) is 55.8 Å². The number of imidazole rings is 1. The first kappa shape index (κ1) is 16.8. The summed E-state index contributed by atoms with van der Waals surface area (Å²) < 4.78 is 17.3. The van der Waals surface area contributed by atoms with E-state index in [-0.39, 0.29) is 5.82 Å². The van der Waals surface area contributed by atoms with Gasteiger partial charge in [0.15, 0.2) is 0 Å². The summed E-state index contributed by atoms with van der Waals surface area (Å²) in [5.74, 6) is 0.435. The van der Waals surface area contributed by atoms with Crippen LogP contribution in [-0.2, 0) is 0 Å². The molecule has 3 nitrogen and oxygen atoms in total. The number of hydrogen-bond acceptors (Lipinski definition) is 2. The molecule has 2 aromatic carbocycles. The van der Waals surface area contributed by atoms with E-state index in [0.717, 1.165) is 27.2 Å². The number of hydrogen-bond donors (Lipinski definition) is 1. The van der Waals surface area contributed by atoms with Crippen molar-refractivity contribution >= 4 is 33.1 Å². The fourth-order valence-electron chi connectivity index (χ4n) is 2.91. The van der Waals surface area contributed by atoms with Crippen LogP contribution in [0.25, 0.3) is 16.9 Å². The molecule has 0 saturated carbocycles. The molecule has 4 aromatic rings. The van der Waals surface area contributed by atoms with E-state index < -0.39 is 0 Å². The molecule has 2 heterocycles. The first-order valence-corrected chi connectivity index (χ1v) is 9.08. The Bertz CT molecular complexity index is 1100. The average molecular weight is 410 g/mol. The molecule has 5 heteroatoms. The second kappa shape index (κ2) is 6.57. The van der Waals surface area contributed by atoms with Gasteiger partial charge in [-0.3, -0.25) is 4.40 Å². The van der Waals surface area contributed by atoms with Gasteiger partial charge in [-0.1, -0.05) is 39.7 Å². The number of halogens is 2. The predicted molar refractivity (Wildman–Crippen MR) is 107 cm³/mol. The fraction of sp³-hybridized carbons (Fsp3) is 0.0952. The minimum atomic E-state index is -0.305. The molecule has 0 saturated heterocycles. The Morgan fingerprint density at radius 1 is 0.962 bits per heavy atom. The molecule has 0 bridgehead atoms. The van der Waals surface area contributed by atoms with Crippen molar-refractivity contribution in [3.8, 4) is 11.3 Å². The maximum Gasteiger partial charge on any atom is 0.143 e. The SMILES string of the molecule is Cc1ccc(Nc2c(-c3cc(Br)ccc3F)nc3ccc(C)cn23)cc1. The van der Waals surface area contributed by atoms with E-state index in [1.165, 1.54) is 11.6 Å². The third kappa shape index (κ3) is 3.10. The van der Waals surface area contributed by atoms with Crippen molar-refractivity contribution < 1.29 is 4.39 Å². The molecule has 26 heavy (non-hydrogen) atoms. The van der Waals surface area contributed by atoms with Gasteiger partial charge < -0.3 is 5.32 Å². The van der Waals surface area contributed by atoms with Crippen LogP contribution in [0.1, 0.15) is 11.1 Å². The van der Waals surface area contributed by atoms with Crippen LogP contribution in [0.4, 0.5) is 15.9 Å². The molecular formula is C21H17BrFN3. The predicted octanol–water partition coefficient (Wildman–Crippen LogP) is 6.26. The van der Waals surface area contributed by atoms with E-state index in [9.17, 15) is 4.39 Å². The average Bonchev–Trinajstić information content (AvgIpc) is 2.96. The quantitative estimate of drug-likeness (QED) is 0.432. The van der Waals surface area contributed by atoms with E-state index in [1.54, 1.807) is 12.1 Å². The Morgan fingerprint density at radius 2 is 1.69 bits per heavy atom. The molecule has 0 aliphatic carbocycles. The lowest BCUT2D eigenvalue weighted by Crippen LogP contribution is -1.98. The monoisotopic (exact) mass is 409 g/mol. The minimum absolute atomic E-state index is 0.305. The number of anilines is 2. The van der Waals surface area contributed by atoms with Crippen LogP contribution in [0.5, 0.6) is 0 Å². The highest BCUT2D eigenvalue weighted by Crippen LogP contribution is 2.34. The Morgan fingerprint density at radius 3 is 2.46 bits per heavy atom. The van der Waals surface area contributed by atoms with Crippen LogP contribution >= 0.6 is 15.9 Å². The van der Waals surface area contributed by atoms with Crippen LogP contribution in [0, 0.1) is 19.7 Å². The zero-order valence-electron chi connectivity index (χ0n) is 14.4. The van der Waals surface area contributed by atoms with Crippen molar-refractivity contribution in [3.05, 3.63) is 82.2 Å². The lowest BCUT2D eigenvalue weighted by atomic mass is 10.1. The van der Waals surface area contributed by atoms with Crippen LogP contribution < -0.4 is 5.32 Å². The molecule has 2 aromatic heterocycles. The second-order valence-electron chi connectivity index (χ2n) is 6.36. The van der Waals surface area contributed by atoms with Gasteiger partial charge in [0.05, 0.1) is 0 Å².